The summed E-state index contributed by atoms with van der Waals surface area (Å²) in [4.78, 5) is 11.1. The Morgan fingerprint density at radius 3 is 2.63 bits per heavy atom. The molecule has 0 aliphatic heterocycles. The minimum Gasteiger partial charge on any atom is -0.339 e. The minimum atomic E-state index is 0.748. The smallest absolute Gasteiger partial charge is 0.206 e. The molecule has 96 valence electrons. The Balaban J connectivity index is 1.93. The van der Waals surface area contributed by atoms with Gasteiger partial charge in [0.1, 0.15) is 0 Å². The van der Waals surface area contributed by atoms with Crippen molar-refractivity contribution in [3.8, 4) is 0 Å². The zero-order chi connectivity index (χ0) is 13.2. The van der Waals surface area contributed by atoms with Gasteiger partial charge in [0.15, 0.2) is 0 Å². The maximum absolute atomic E-state index is 4.67. The molecule has 4 heteroatoms. The monoisotopic (exact) mass is 252 g/mol. The first-order chi connectivity index (χ1) is 9.25. The van der Waals surface area contributed by atoms with E-state index < -0.39 is 0 Å². The molecule has 0 fully saturated rings. The summed E-state index contributed by atoms with van der Waals surface area (Å²) in [5, 5.41) is 0. The lowest BCUT2D eigenvalue weighted by atomic mass is 10.3. The molecule has 0 saturated heterocycles. The number of anilines is 1. The number of imidazole rings is 1. The standard InChI is InChI=1S/C15H16N4/c1-18(11-12-7-5-6-10-16-12)15-17-13-8-3-4-9-14(13)19(15)2/h3-10H,11H2,1-2H3. The first-order valence-corrected chi connectivity index (χ1v) is 6.28. The molecule has 4 nitrogen and oxygen atoms in total. The molecule has 0 atom stereocenters. The van der Waals surface area contributed by atoms with E-state index in [4.69, 9.17) is 0 Å². The predicted octanol–water partition coefficient (Wildman–Crippen LogP) is 2.60. The van der Waals surface area contributed by atoms with Crippen molar-refractivity contribution < 1.29 is 0 Å². The molecule has 2 heterocycles. The van der Waals surface area contributed by atoms with E-state index in [0.717, 1.165) is 29.2 Å². The molecule has 0 unspecified atom stereocenters. The van der Waals surface area contributed by atoms with Crippen LogP contribution in [0.25, 0.3) is 11.0 Å². The lowest BCUT2D eigenvalue weighted by Gasteiger charge is -2.17. The van der Waals surface area contributed by atoms with Gasteiger partial charge in [-0.05, 0) is 24.3 Å². The molecule has 0 bridgehead atoms. The Bertz CT molecular complexity index is 688. The average molecular weight is 252 g/mol. The number of pyridine rings is 1. The molecule has 3 aromatic rings. The molecule has 0 amide bonds. The third-order valence-corrected chi connectivity index (χ3v) is 3.23. The van der Waals surface area contributed by atoms with Gasteiger partial charge in [0.05, 0.1) is 23.3 Å². The summed E-state index contributed by atoms with van der Waals surface area (Å²) in [7, 11) is 4.08. The molecular formula is C15H16N4. The van der Waals surface area contributed by atoms with Crippen LogP contribution >= 0.6 is 0 Å². The van der Waals surface area contributed by atoms with E-state index >= 15 is 0 Å². The van der Waals surface area contributed by atoms with Gasteiger partial charge in [0.2, 0.25) is 5.95 Å². The second kappa shape index (κ2) is 4.72. The van der Waals surface area contributed by atoms with Gasteiger partial charge in [-0.25, -0.2) is 4.98 Å². The van der Waals surface area contributed by atoms with E-state index in [1.165, 1.54) is 0 Å². The Morgan fingerprint density at radius 2 is 1.89 bits per heavy atom. The van der Waals surface area contributed by atoms with Gasteiger partial charge in [-0.1, -0.05) is 18.2 Å². The predicted molar refractivity (Wildman–Crippen MR) is 77.1 cm³/mol. The number of nitrogens with zero attached hydrogens (tertiary/aromatic N) is 4. The molecule has 0 aliphatic carbocycles. The SMILES string of the molecule is CN(Cc1ccccn1)c1nc2ccccc2n1C. The molecule has 0 radical (unpaired) electrons. The maximum Gasteiger partial charge on any atom is 0.206 e. The molecule has 3 rings (SSSR count). The van der Waals surface area contributed by atoms with Gasteiger partial charge in [0, 0.05) is 20.3 Å². The van der Waals surface area contributed by atoms with Crippen LogP contribution < -0.4 is 4.90 Å². The first-order valence-electron chi connectivity index (χ1n) is 6.28. The number of hydrogen-bond acceptors (Lipinski definition) is 3. The number of benzene rings is 1. The Morgan fingerprint density at radius 1 is 1.11 bits per heavy atom. The van der Waals surface area contributed by atoms with Gasteiger partial charge >= 0.3 is 0 Å². The number of aromatic nitrogens is 3. The van der Waals surface area contributed by atoms with Crippen LogP contribution in [0.2, 0.25) is 0 Å². The van der Waals surface area contributed by atoms with Gasteiger partial charge in [0.25, 0.3) is 0 Å². The highest BCUT2D eigenvalue weighted by Crippen LogP contribution is 2.20. The summed E-state index contributed by atoms with van der Waals surface area (Å²) in [6, 6.07) is 14.1. The normalized spacial score (nSPS) is 10.8. The Labute approximate surface area is 112 Å². The van der Waals surface area contributed by atoms with E-state index in [1.807, 2.05) is 56.7 Å². The van der Waals surface area contributed by atoms with Crippen molar-refractivity contribution in [2.24, 2.45) is 7.05 Å². The summed E-state index contributed by atoms with van der Waals surface area (Å²) in [5.74, 6) is 0.951. The highest BCUT2D eigenvalue weighted by molar-refractivity contribution is 5.78. The van der Waals surface area contributed by atoms with Crippen molar-refractivity contribution in [1.29, 1.82) is 0 Å². The molecule has 0 aliphatic rings. The van der Waals surface area contributed by atoms with Gasteiger partial charge < -0.3 is 9.47 Å². The van der Waals surface area contributed by atoms with Crippen molar-refractivity contribution in [2.45, 2.75) is 6.54 Å². The molecule has 2 aromatic heterocycles. The summed E-state index contributed by atoms with van der Waals surface area (Å²) < 4.78 is 2.11. The highest BCUT2D eigenvalue weighted by Gasteiger charge is 2.11. The Kier molecular flexibility index (Phi) is 2.91. The number of hydrogen-bond donors (Lipinski definition) is 0. The second-order valence-corrected chi connectivity index (χ2v) is 4.64. The molecule has 0 N–H and O–H groups in total. The summed E-state index contributed by atoms with van der Waals surface area (Å²) in [6.07, 6.45) is 1.82. The number of para-hydroxylation sites is 2. The molecule has 1 aromatic carbocycles. The van der Waals surface area contributed by atoms with Crippen LogP contribution in [0.1, 0.15) is 5.69 Å². The van der Waals surface area contributed by atoms with E-state index in [-0.39, 0.29) is 0 Å². The fourth-order valence-corrected chi connectivity index (χ4v) is 2.28. The third-order valence-electron chi connectivity index (χ3n) is 3.23. The second-order valence-electron chi connectivity index (χ2n) is 4.64. The third kappa shape index (κ3) is 2.17. The minimum absolute atomic E-state index is 0.748. The fourth-order valence-electron chi connectivity index (χ4n) is 2.28. The van der Waals surface area contributed by atoms with E-state index in [1.54, 1.807) is 0 Å². The van der Waals surface area contributed by atoms with Crippen LogP contribution in [0.3, 0.4) is 0 Å². The fraction of sp³-hybridized carbons (Fsp3) is 0.200. The van der Waals surface area contributed by atoms with Crippen molar-refractivity contribution in [3.63, 3.8) is 0 Å². The van der Waals surface area contributed by atoms with Gasteiger partial charge in [-0.3, -0.25) is 4.98 Å². The highest BCUT2D eigenvalue weighted by atomic mass is 15.3. The van der Waals surface area contributed by atoms with Gasteiger partial charge in [-0.2, -0.15) is 0 Å². The summed E-state index contributed by atoms with van der Waals surface area (Å²) in [5.41, 5.74) is 3.20. The summed E-state index contributed by atoms with van der Waals surface area (Å²) in [6.45, 7) is 0.748. The number of fused-ring (bicyclic) bond motifs is 1. The van der Waals surface area contributed by atoms with Crippen LogP contribution in [0.15, 0.2) is 48.7 Å². The van der Waals surface area contributed by atoms with Crippen molar-refractivity contribution >= 4 is 17.0 Å². The number of aryl methyl sites for hydroxylation is 1. The van der Waals surface area contributed by atoms with Crippen LogP contribution in [-0.4, -0.2) is 21.6 Å². The molecule has 0 spiro atoms. The van der Waals surface area contributed by atoms with E-state index in [2.05, 4.69) is 25.5 Å². The van der Waals surface area contributed by atoms with E-state index in [0.29, 0.717) is 0 Å². The Hall–Kier alpha value is -2.36. The van der Waals surface area contributed by atoms with Crippen LogP contribution in [0.4, 0.5) is 5.95 Å². The quantitative estimate of drug-likeness (QED) is 0.718. The lowest BCUT2D eigenvalue weighted by molar-refractivity contribution is 0.802. The zero-order valence-corrected chi connectivity index (χ0v) is 11.1. The van der Waals surface area contributed by atoms with Crippen LogP contribution in [0.5, 0.6) is 0 Å². The topological polar surface area (TPSA) is 34.0 Å². The number of rotatable bonds is 3. The van der Waals surface area contributed by atoms with Crippen LogP contribution in [-0.2, 0) is 13.6 Å². The maximum atomic E-state index is 4.67. The van der Waals surface area contributed by atoms with Gasteiger partial charge in [-0.15, -0.1) is 0 Å². The van der Waals surface area contributed by atoms with Crippen molar-refractivity contribution in [3.05, 3.63) is 54.4 Å². The van der Waals surface area contributed by atoms with E-state index in [9.17, 15) is 0 Å². The first kappa shape index (κ1) is 11.7. The molecule has 0 saturated carbocycles. The van der Waals surface area contributed by atoms with Crippen molar-refractivity contribution in [1.82, 2.24) is 14.5 Å². The largest absolute Gasteiger partial charge is 0.339 e. The zero-order valence-electron chi connectivity index (χ0n) is 11.1. The van der Waals surface area contributed by atoms with Crippen molar-refractivity contribution in [2.75, 3.05) is 11.9 Å². The molecular weight excluding hydrogens is 236 g/mol. The lowest BCUT2D eigenvalue weighted by Crippen LogP contribution is -2.20. The summed E-state index contributed by atoms with van der Waals surface area (Å²) >= 11 is 0. The molecule has 19 heavy (non-hydrogen) atoms. The average Bonchev–Trinajstić information content (AvgIpc) is 2.78. The van der Waals surface area contributed by atoms with Crippen LogP contribution in [0, 0.1) is 0 Å².